The maximum Gasteiger partial charge on any atom is 0.264 e. The molecule has 1 saturated heterocycles. The number of benzene rings is 2. The molecule has 36 heavy (non-hydrogen) atoms. The van der Waals surface area contributed by atoms with Gasteiger partial charge in [0.2, 0.25) is 0 Å². The summed E-state index contributed by atoms with van der Waals surface area (Å²) in [6.07, 6.45) is -1.24. The fourth-order valence-electron chi connectivity index (χ4n) is 5.78. The van der Waals surface area contributed by atoms with Gasteiger partial charge in [0, 0.05) is 33.8 Å². The van der Waals surface area contributed by atoms with Crippen molar-refractivity contribution in [3.05, 3.63) is 58.1 Å². The highest BCUT2D eigenvalue weighted by Crippen LogP contribution is 2.60. The van der Waals surface area contributed by atoms with Gasteiger partial charge in [-0.25, -0.2) is 0 Å². The van der Waals surface area contributed by atoms with E-state index in [4.69, 9.17) is 4.74 Å². The van der Waals surface area contributed by atoms with Crippen molar-refractivity contribution in [3.63, 3.8) is 0 Å². The summed E-state index contributed by atoms with van der Waals surface area (Å²) in [5.41, 5.74) is 1.29. The molecule has 2 aliphatic rings. The van der Waals surface area contributed by atoms with Crippen molar-refractivity contribution in [2.75, 3.05) is 16.8 Å². The van der Waals surface area contributed by atoms with Crippen LogP contribution < -0.4 is 10.2 Å². The lowest BCUT2D eigenvalue weighted by Crippen LogP contribution is -2.46. The number of carbonyl (C=O) groups is 2. The number of hydrogen-bond donors (Lipinski definition) is 4. The van der Waals surface area contributed by atoms with Crippen LogP contribution in [-0.4, -0.2) is 54.0 Å². The summed E-state index contributed by atoms with van der Waals surface area (Å²) in [6, 6.07) is 12.8. The van der Waals surface area contributed by atoms with E-state index in [1.54, 1.807) is 23.1 Å². The highest BCUT2D eigenvalue weighted by atomic mass is 79.9. The fraction of sp³-hybridized carbons (Fsp3) is 0.462. The molecule has 0 bridgehead atoms. The molecule has 1 spiro atoms. The SMILES string of the molecule is C[C@H](O)C(=O)Nc1cccc(CN2C(=O)[C@]3(O[C@H](CCO)[C@@H]([Si](C)(C)O)[C@@H]3C)c3cc(Br)ccc32)c1. The zero-order chi connectivity index (χ0) is 26.4. The lowest BCUT2D eigenvalue weighted by molar-refractivity contribution is -0.146. The minimum absolute atomic E-state index is 0.0946. The third kappa shape index (κ3) is 4.66. The molecule has 2 aliphatic heterocycles. The van der Waals surface area contributed by atoms with E-state index in [1.807, 2.05) is 44.3 Å². The zero-order valence-electron chi connectivity index (χ0n) is 20.9. The van der Waals surface area contributed by atoms with Gasteiger partial charge in [-0.15, -0.1) is 0 Å². The van der Waals surface area contributed by atoms with Crippen LogP contribution in [0.3, 0.4) is 0 Å². The Balaban J connectivity index is 1.74. The molecular formula is C26H33BrN2O6Si. The number of fused-ring (bicyclic) bond motifs is 2. The van der Waals surface area contributed by atoms with Crippen LogP contribution in [0.25, 0.3) is 0 Å². The van der Waals surface area contributed by atoms with Crippen LogP contribution in [-0.2, 0) is 26.5 Å². The molecule has 2 amide bonds. The van der Waals surface area contributed by atoms with Crippen LogP contribution in [0.1, 0.15) is 31.4 Å². The Kier molecular flexibility index (Phi) is 7.49. The summed E-state index contributed by atoms with van der Waals surface area (Å²) in [5, 5.41) is 21.9. The van der Waals surface area contributed by atoms with E-state index in [-0.39, 0.29) is 30.5 Å². The summed E-state index contributed by atoms with van der Waals surface area (Å²) in [6.45, 7) is 7.22. The molecule has 8 nitrogen and oxygen atoms in total. The summed E-state index contributed by atoms with van der Waals surface area (Å²) in [4.78, 5) is 39.0. The minimum Gasteiger partial charge on any atom is -0.432 e. The topological polar surface area (TPSA) is 119 Å². The number of rotatable bonds is 7. The van der Waals surface area contributed by atoms with E-state index in [0.717, 1.165) is 21.3 Å². The Morgan fingerprint density at radius 2 is 2.00 bits per heavy atom. The number of ether oxygens (including phenoxy) is 1. The van der Waals surface area contributed by atoms with Gasteiger partial charge in [0.1, 0.15) is 6.10 Å². The van der Waals surface area contributed by atoms with E-state index in [2.05, 4.69) is 21.2 Å². The predicted octanol–water partition coefficient (Wildman–Crippen LogP) is 3.50. The van der Waals surface area contributed by atoms with Gasteiger partial charge in [-0.05, 0) is 62.3 Å². The van der Waals surface area contributed by atoms with Gasteiger partial charge in [0.05, 0.1) is 18.3 Å². The molecule has 194 valence electrons. The van der Waals surface area contributed by atoms with Gasteiger partial charge in [0.25, 0.3) is 11.8 Å². The first-order valence-corrected chi connectivity index (χ1v) is 15.9. The first-order chi connectivity index (χ1) is 16.9. The highest BCUT2D eigenvalue weighted by molar-refractivity contribution is 9.10. The number of nitrogens with zero attached hydrogens (tertiary/aromatic N) is 1. The highest BCUT2D eigenvalue weighted by Gasteiger charge is 2.66. The number of aliphatic hydroxyl groups is 2. The van der Waals surface area contributed by atoms with E-state index < -0.39 is 32.0 Å². The molecular weight excluding hydrogens is 544 g/mol. The standard InChI is InChI=1S/C26H33BrN2O6Si/c1-15-23(36(3,4)34)22(10-11-30)35-26(15)20-13-18(27)8-9-21(20)29(25(26)33)14-17-6-5-7-19(12-17)28-24(32)16(2)31/h5-9,12-13,15-16,22-23,30-31,34H,10-11,14H2,1-4H3,(H,28,32)/t15-,16-,22+,23-,26+/m0/s1. The van der Waals surface area contributed by atoms with Crippen molar-refractivity contribution in [2.24, 2.45) is 5.92 Å². The molecule has 2 aromatic rings. The molecule has 0 saturated carbocycles. The van der Waals surface area contributed by atoms with Crippen molar-refractivity contribution in [1.29, 1.82) is 0 Å². The Labute approximate surface area is 220 Å². The van der Waals surface area contributed by atoms with E-state index >= 15 is 0 Å². The molecule has 2 aromatic carbocycles. The van der Waals surface area contributed by atoms with E-state index in [9.17, 15) is 24.6 Å². The van der Waals surface area contributed by atoms with Gasteiger partial charge >= 0.3 is 0 Å². The fourth-order valence-corrected chi connectivity index (χ4v) is 8.74. The van der Waals surface area contributed by atoms with Crippen molar-refractivity contribution in [2.45, 2.75) is 63.3 Å². The number of anilines is 2. The maximum atomic E-state index is 14.2. The molecule has 4 N–H and O–H groups in total. The quantitative estimate of drug-likeness (QED) is 0.374. The van der Waals surface area contributed by atoms with Gasteiger partial charge < -0.3 is 30.0 Å². The third-order valence-electron chi connectivity index (χ3n) is 7.27. The Morgan fingerprint density at radius 1 is 1.28 bits per heavy atom. The number of hydrogen-bond acceptors (Lipinski definition) is 6. The van der Waals surface area contributed by atoms with Gasteiger partial charge in [-0.2, -0.15) is 0 Å². The molecule has 1 fully saturated rings. The van der Waals surface area contributed by atoms with Crippen LogP contribution in [0, 0.1) is 5.92 Å². The van der Waals surface area contributed by atoms with E-state index in [0.29, 0.717) is 12.1 Å². The molecule has 0 aliphatic carbocycles. The van der Waals surface area contributed by atoms with Crippen LogP contribution >= 0.6 is 15.9 Å². The first-order valence-electron chi connectivity index (χ1n) is 12.1. The third-order valence-corrected chi connectivity index (χ3v) is 10.3. The van der Waals surface area contributed by atoms with Gasteiger partial charge in [0.15, 0.2) is 13.9 Å². The summed E-state index contributed by atoms with van der Waals surface area (Å²) in [5.74, 6) is -1.02. The molecule has 0 radical (unpaired) electrons. The Bertz CT molecular complexity index is 1170. The second-order valence-corrected chi connectivity index (χ2v) is 15.2. The van der Waals surface area contributed by atoms with Crippen molar-refractivity contribution < 1.29 is 29.3 Å². The van der Waals surface area contributed by atoms with Crippen LogP contribution in [0.2, 0.25) is 18.6 Å². The smallest absolute Gasteiger partial charge is 0.264 e. The molecule has 5 atom stereocenters. The predicted molar refractivity (Wildman–Crippen MR) is 143 cm³/mol. The lowest BCUT2D eigenvalue weighted by Gasteiger charge is -2.32. The van der Waals surface area contributed by atoms with Crippen LogP contribution in [0.15, 0.2) is 46.9 Å². The first kappa shape index (κ1) is 27.0. The minimum atomic E-state index is -2.75. The lowest BCUT2D eigenvalue weighted by atomic mass is 9.82. The number of carbonyl (C=O) groups excluding carboxylic acids is 2. The van der Waals surface area contributed by atoms with Crippen molar-refractivity contribution in [1.82, 2.24) is 0 Å². The number of aliphatic hydroxyl groups excluding tert-OH is 2. The Morgan fingerprint density at radius 3 is 2.64 bits per heavy atom. The Hall–Kier alpha value is -2.08. The van der Waals surface area contributed by atoms with E-state index in [1.165, 1.54) is 6.92 Å². The summed E-state index contributed by atoms with van der Waals surface area (Å²) >= 11 is 3.54. The second-order valence-electron chi connectivity index (χ2n) is 10.3. The maximum absolute atomic E-state index is 14.2. The average Bonchev–Trinajstić information content (AvgIpc) is 3.21. The molecule has 2 heterocycles. The molecule has 4 rings (SSSR count). The average molecular weight is 578 g/mol. The normalized spacial score (nSPS) is 26.4. The van der Waals surface area contributed by atoms with Crippen LogP contribution in [0.4, 0.5) is 11.4 Å². The zero-order valence-corrected chi connectivity index (χ0v) is 23.4. The van der Waals surface area contributed by atoms with Gasteiger partial charge in [-0.3, -0.25) is 9.59 Å². The molecule has 0 aromatic heterocycles. The number of amides is 2. The number of halogens is 1. The van der Waals surface area contributed by atoms with Gasteiger partial charge in [-0.1, -0.05) is 35.0 Å². The molecule has 0 unspecified atom stereocenters. The number of nitrogens with one attached hydrogen (secondary N) is 1. The summed E-state index contributed by atoms with van der Waals surface area (Å²) in [7, 11) is -2.75. The van der Waals surface area contributed by atoms with Crippen LogP contribution in [0.5, 0.6) is 0 Å². The largest absolute Gasteiger partial charge is 0.432 e. The van der Waals surface area contributed by atoms with Crippen molar-refractivity contribution in [3.8, 4) is 0 Å². The monoisotopic (exact) mass is 576 g/mol. The van der Waals surface area contributed by atoms with Crippen molar-refractivity contribution >= 4 is 47.4 Å². The second kappa shape index (κ2) is 10.00. The summed E-state index contributed by atoms with van der Waals surface area (Å²) < 4.78 is 7.40. The molecule has 10 heteroatoms.